The van der Waals surface area contributed by atoms with Gasteiger partial charge in [-0.15, -0.1) is 11.3 Å². The molecule has 0 atom stereocenters. The Balaban J connectivity index is 1.88. The zero-order valence-electron chi connectivity index (χ0n) is 15.6. The Hall–Kier alpha value is -3.04. The van der Waals surface area contributed by atoms with Crippen molar-refractivity contribution in [3.63, 3.8) is 0 Å². The Morgan fingerprint density at radius 1 is 1.21 bits per heavy atom. The second kappa shape index (κ2) is 8.77. The average molecular weight is 399 g/mol. The number of hydrogen-bond acceptors (Lipinski definition) is 8. The molecule has 0 unspecified atom stereocenters. The van der Waals surface area contributed by atoms with Gasteiger partial charge >= 0.3 is 5.69 Å². The number of aliphatic hydroxyl groups is 1. The van der Waals surface area contributed by atoms with Crippen LogP contribution in [0.3, 0.4) is 0 Å². The van der Waals surface area contributed by atoms with E-state index in [1.54, 1.807) is 17.4 Å². The summed E-state index contributed by atoms with van der Waals surface area (Å²) in [5.74, 6) is 0.732. The minimum absolute atomic E-state index is 0.0210. The molecule has 0 aliphatic rings. The fourth-order valence-corrected chi connectivity index (χ4v) is 3.39. The zero-order chi connectivity index (χ0) is 20.1. The molecule has 1 aromatic carbocycles. The molecule has 0 bridgehead atoms. The van der Waals surface area contributed by atoms with Crippen LogP contribution in [0.4, 0.5) is 23.0 Å². The Kier molecular flexibility index (Phi) is 6.17. The molecule has 146 valence electrons. The maximum Gasteiger partial charge on any atom is 0.311 e. The Morgan fingerprint density at radius 2 is 1.96 bits per heavy atom. The smallest absolute Gasteiger partial charge is 0.311 e. The number of anilines is 3. The summed E-state index contributed by atoms with van der Waals surface area (Å²) in [7, 11) is 0. The highest BCUT2D eigenvalue weighted by Crippen LogP contribution is 2.30. The Bertz CT molecular complexity index is 958. The largest absolute Gasteiger partial charge is 0.395 e. The lowest BCUT2D eigenvalue weighted by Crippen LogP contribution is -2.27. The minimum Gasteiger partial charge on any atom is -0.395 e. The maximum absolute atomic E-state index is 11.4. The van der Waals surface area contributed by atoms with Crippen molar-refractivity contribution in [3.8, 4) is 11.3 Å². The van der Waals surface area contributed by atoms with E-state index in [1.165, 1.54) is 6.07 Å². The summed E-state index contributed by atoms with van der Waals surface area (Å²) in [5, 5.41) is 26.6. The SMILES string of the molecule is CCN(CCO)c1ccc([N+](=O)[O-])c(Nc2ccc(-c3csc(C)n3)cc2)n1. The number of aromatic nitrogens is 2. The van der Waals surface area contributed by atoms with Crippen LogP contribution < -0.4 is 10.2 Å². The van der Waals surface area contributed by atoms with Crippen LogP contribution in [-0.4, -0.2) is 39.7 Å². The monoisotopic (exact) mass is 399 g/mol. The van der Waals surface area contributed by atoms with Crippen LogP contribution in [0.25, 0.3) is 11.3 Å². The number of thiazole rings is 1. The first-order valence-corrected chi connectivity index (χ1v) is 9.70. The number of benzene rings is 1. The summed E-state index contributed by atoms with van der Waals surface area (Å²) in [4.78, 5) is 21.7. The predicted molar refractivity (Wildman–Crippen MR) is 111 cm³/mol. The number of rotatable bonds is 8. The van der Waals surface area contributed by atoms with Crippen molar-refractivity contribution in [1.82, 2.24) is 9.97 Å². The van der Waals surface area contributed by atoms with Crippen molar-refractivity contribution < 1.29 is 10.0 Å². The molecule has 0 radical (unpaired) electrons. The average Bonchev–Trinajstić information content (AvgIpc) is 3.13. The molecule has 8 nitrogen and oxygen atoms in total. The summed E-state index contributed by atoms with van der Waals surface area (Å²) in [6.45, 7) is 4.91. The molecule has 0 aliphatic heterocycles. The zero-order valence-corrected chi connectivity index (χ0v) is 16.4. The molecule has 2 N–H and O–H groups in total. The Morgan fingerprint density at radius 3 is 2.54 bits per heavy atom. The van der Waals surface area contributed by atoms with E-state index in [1.807, 2.05) is 48.4 Å². The number of pyridine rings is 1. The lowest BCUT2D eigenvalue weighted by Gasteiger charge is -2.21. The molecule has 0 fully saturated rings. The molecule has 2 heterocycles. The van der Waals surface area contributed by atoms with Gasteiger partial charge in [0.1, 0.15) is 5.82 Å². The molecule has 0 saturated carbocycles. The second-order valence-electron chi connectivity index (χ2n) is 6.05. The van der Waals surface area contributed by atoms with Gasteiger partial charge in [0.25, 0.3) is 0 Å². The first-order valence-electron chi connectivity index (χ1n) is 8.82. The van der Waals surface area contributed by atoms with Crippen LogP contribution in [0.1, 0.15) is 11.9 Å². The molecule has 0 amide bonds. The van der Waals surface area contributed by atoms with Gasteiger partial charge in [-0.1, -0.05) is 12.1 Å². The highest BCUT2D eigenvalue weighted by molar-refractivity contribution is 7.09. The molecular formula is C19H21N5O3S. The molecule has 28 heavy (non-hydrogen) atoms. The molecule has 0 aliphatic carbocycles. The van der Waals surface area contributed by atoms with Crippen molar-refractivity contribution in [2.75, 3.05) is 29.9 Å². The van der Waals surface area contributed by atoms with Crippen molar-refractivity contribution >= 4 is 34.3 Å². The topological polar surface area (TPSA) is 104 Å². The third kappa shape index (κ3) is 4.44. The summed E-state index contributed by atoms with van der Waals surface area (Å²) in [5.41, 5.74) is 2.46. The van der Waals surface area contributed by atoms with Gasteiger partial charge in [-0.2, -0.15) is 0 Å². The summed E-state index contributed by atoms with van der Waals surface area (Å²) < 4.78 is 0. The molecule has 3 rings (SSSR count). The van der Waals surface area contributed by atoms with Crippen LogP contribution >= 0.6 is 11.3 Å². The van der Waals surface area contributed by atoms with Gasteiger partial charge in [-0.25, -0.2) is 9.97 Å². The van der Waals surface area contributed by atoms with Gasteiger partial charge in [0, 0.05) is 35.8 Å². The van der Waals surface area contributed by atoms with Crippen LogP contribution in [0, 0.1) is 17.0 Å². The van der Waals surface area contributed by atoms with Crippen LogP contribution in [0.2, 0.25) is 0 Å². The van der Waals surface area contributed by atoms with Crippen LogP contribution in [-0.2, 0) is 0 Å². The normalized spacial score (nSPS) is 10.7. The maximum atomic E-state index is 11.4. The van der Waals surface area contributed by atoms with E-state index in [2.05, 4.69) is 15.3 Å². The first kappa shape index (κ1) is 19.7. The van der Waals surface area contributed by atoms with E-state index in [-0.39, 0.29) is 18.1 Å². The predicted octanol–water partition coefficient (Wildman–Crippen LogP) is 3.98. The van der Waals surface area contributed by atoms with Gasteiger partial charge in [0.05, 0.1) is 22.2 Å². The van der Waals surface area contributed by atoms with Gasteiger partial charge in [-0.3, -0.25) is 10.1 Å². The standard InChI is InChI=1S/C19H21N5O3S/c1-3-23(10-11-25)18-9-8-17(24(26)27)19(22-18)21-15-6-4-14(5-7-15)16-12-28-13(2)20-16/h4-9,12,25H,3,10-11H2,1-2H3,(H,21,22). The van der Waals surface area contributed by atoms with E-state index >= 15 is 0 Å². The van der Waals surface area contributed by atoms with Crippen LogP contribution in [0.5, 0.6) is 0 Å². The second-order valence-corrected chi connectivity index (χ2v) is 7.11. The number of nitrogens with one attached hydrogen (secondary N) is 1. The number of aliphatic hydroxyl groups excluding tert-OH is 1. The fourth-order valence-electron chi connectivity index (χ4n) is 2.77. The number of nitro groups is 1. The van der Waals surface area contributed by atoms with E-state index in [9.17, 15) is 15.2 Å². The van der Waals surface area contributed by atoms with E-state index < -0.39 is 4.92 Å². The quantitative estimate of drug-likeness (QED) is 0.436. The van der Waals surface area contributed by atoms with Crippen molar-refractivity contribution in [1.29, 1.82) is 0 Å². The van der Waals surface area contributed by atoms with Crippen molar-refractivity contribution in [2.24, 2.45) is 0 Å². The summed E-state index contributed by atoms with van der Waals surface area (Å²) in [6, 6.07) is 10.5. The van der Waals surface area contributed by atoms with Crippen molar-refractivity contribution in [2.45, 2.75) is 13.8 Å². The van der Waals surface area contributed by atoms with Gasteiger partial charge in [-0.05, 0) is 32.0 Å². The first-order chi connectivity index (χ1) is 13.5. The molecule has 3 aromatic rings. The highest BCUT2D eigenvalue weighted by Gasteiger charge is 2.18. The van der Waals surface area contributed by atoms with Crippen molar-refractivity contribution in [3.05, 3.63) is 56.9 Å². The number of nitrogens with zero attached hydrogens (tertiary/aromatic N) is 4. The molecule has 9 heteroatoms. The minimum atomic E-state index is -0.464. The molecular weight excluding hydrogens is 378 g/mol. The van der Waals surface area contributed by atoms with Gasteiger partial charge in [0.2, 0.25) is 5.82 Å². The van der Waals surface area contributed by atoms with E-state index in [0.29, 0.717) is 24.6 Å². The lowest BCUT2D eigenvalue weighted by molar-refractivity contribution is -0.384. The molecule has 0 spiro atoms. The number of hydrogen-bond donors (Lipinski definition) is 2. The van der Waals surface area contributed by atoms with Gasteiger partial charge in [0.15, 0.2) is 0 Å². The third-order valence-corrected chi connectivity index (χ3v) is 4.97. The summed E-state index contributed by atoms with van der Waals surface area (Å²) in [6.07, 6.45) is 0. The lowest BCUT2D eigenvalue weighted by atomic mass is 10.1. The van der Waals surface area contributed by atoms with E-state index in [0.717, 1.165) is 16.3 Å². The fraction of sp³-hybridized carbons (Fsp3) is 0.263. The number of likely N-dealkylation sites (N-methyl/N-ethyl adjacent to an activating group) is 1. The third-order valence-electron chi connectivity index (χ3n) is 4.19. The van der Waals surface area contributed by atoms with Crippen LogP contribution in [0.15, 0.2) is 41.8 Å². The summed E-state index contributed by atoms with van der Waals surface area (Å²) >= 11 is 1.59. The van der Waals surface area contributed by atoms with Gasteiger partial charge < -0.3 is 15.3 Å². The van der Waals surface area contributed by atoms with E-state index in [4.69, 9.17) is 0 Å². The number of aryl methyl sites for hydroxylation is 1. The molecule has 2 aromatic heterocycles. The molecule has 0 saturated heterocycles. The highest BCUT2D eigenvalue weighted by atomic mass is 32.1. The Labute approximate surface area is 166 Å².